The number of carbonyl (C=O) groups excluding carboxylic acids is 1. The largest absolute Gasteiger partial charge is 0.457 e. The summed E-state index contributed by atoms with van der Waals surface area (Å²) in [7, 11) is 0. The van der Waals surface area contributed by atoms with Crippen molar-refractivity contribution >= 4 is 50.5 Å². The smallest absolute Gasteiger partial charge is 0.266 e. The number of furan rings is 1. The number of amidine groups is 1. The second-order valence-electron chi connectivity index (χ2n) is 7.01. The minimum Gasteiger partial charge on any atom is -0.457 e. The lowest BCUT2D eigenvalue weighted by Gasteiger charge is -2.13. The zero-order valence-electron chi connectivity index (χ0n) is 16.8. The SMILES string of the molecule is CCCN1C(=O)/C(=C\c2ccc(-c3ccc(Br)cc3)o2)SC1=Nc1ccc(C)cc1. The van der Waals surface area contributed by atoms with Crippen molar-refractivity contribution < 1.29 is 9.21 Å². The fourth-order valence-corrected chi connectivity index (χ4v) is 4.34. The number of benzene rings is 2. The van der Waals surface area contributed by atoms with Crippen molar-refractivity contribution in [3.63, 3.8) is 0 Å². The number of halogens is 1. The van der Waals surface area contributed by atoms with Gasteiger partial charge in [-0.05, 0) is 61.5 Å². The van der Waals surface area contributed by atoms with E-state index in [9.17, 15) is 4.79 Å². The van der Waals surface area contributed by atoms with Gasteiger partial charge in [-0.25, -0.2) is 4.99 Å². The molecule has 1 fully saturated rings. The lowest BCUT2D eigenvalue weighted by molar-refractivity contribution is -0.122. The predicted octanol–water partition coefficient (Wildman–Crippen LogP) is 7.03. The van der Waals surface area contributed by atoms with Crippen LogP contribution in [0.2, 0.25) is 0 Å². The molecule has 2 aromatic carbocycles. The van der Waals surface area contributed by atoms with E-state index in [-0.39, 0.29) is 5.91 Å². The summed E-state index contributed by atoms with van der Waals surface area (Å²) in [5.41, 5.74) is 3.01. The fraction of sp³-hybridized carbons (Fsp3) is 0.167. The molecule has 0 unspecified atom stereocenters. The van der Waals surface area contributed by atoms with Gasteiger partial charge >= 0.3 is 0 Å². The van der Waals surface area contributed by atoms with Crippen molar-refractivity contribution in [1.29, 1.82) is 0 Å². The van der Waals surface area contributed by atoms with Crippen molar-refractivity contribution in [2.75, 3.05) is 6.54 Å². The van der Waals surface area contributed by atoms with E-state index in [1.165, 1.54) is 17.3 Å². The topological polar surface area (TPSA) is 45.8 Å². The fourth-order valence-electron chi connectivity index (χ4n) is 3.07. The normalized spacial score (nSPS) is 16.8. The average Bonchev–Trinajstić information content (AvgIpc) is 3.31. The molecule has 30 heavy (non-hydrogen) atoms. The van der Waals surface area contributed by atoms with Crippen LogP contribution in [-0.4, -0.2) is 22.5 Å². The van der Waals surface area contributed by atoms with Gasteiger partial charge < -0.3 is 4.42 Å². The van der Waals surface area contributed by atoms with E-state index >= 15 is 0 Å². The van der Waals surface area contributed by atoms with Crippen LogP contribution in [0.1, 0.15) is 24.7 Å². The number of aliphatic imine (C=N–C) groups is 1. The van der Waals surface area contributed by atoms with E-state index in [1.807, 2.05) is 67.6 Å². The Hall–Kier alpha value is -2.57. The molecule has 4 nitrogen and oxygen atoms in total. The molecule has 0 spiro atoms. The van der Waals surface area contributed by atoms with Crippen molar-refractivity contribution in [1.82, 2.24) is 4.90 Å². The molecule has 1 aromatic heterocycles. The summed E-state index contributed by atoms with van der Waals surface area (Å²) in [4.78, 5) is 20.1. The Labute approximate surface area is 188 Å². The molecule has 0 radical (unpaired) electrons. The van der Waals surface area contributed by atoms with Gasteiger partial charge in [-0.15, -0.1) is 0 Å². The van der Waals surface area contributed by atoms with Gasteiger partial charge in [0.1, 0.15) is 11.5 Å². The number of hydrogen-bond donors (Lipinski definition) is 0. The number of rotatable bonds is 5. The molecule has 6 heteroatoms. The highest BCUT2D eigenvalue weighted by molar-refractivity contribution is 9.10. The van der Waals surface area contributed by atoms with Crippen LogP contribution in [0, 0.1) is 6.92 Å². The molecule has 0 atom stereocenters. The molecule has 2 heterocycles. The number of nitrogens with zero attached hydrogens (tertiary/aromatic N) is 2. The van der Waals surface area contributed by atoms with E-state index in [1.54, 1.807) is 11.0 Å². The molecule has 1 amide bonds. The third-order valence-electron chi connectivity index (χ3n) is 4.62. The predicted molar refractivity (Wildman–Crippen MR) is 128 cm³/mol. The lowest BCUT2D eigenvalue weighted by atomic mass is 10.2. The Balaban J connectivity index is 1.61. The Bertz CT molecular complexity index is 1110. The summed E-state index contributed by atoms with van der Waals surface area (Å²) in [6.45, 7) is 4.73. The highest BCUT2D eigenvalue weighted by Gasteiger charge is 2.33. The van der Waals surface area contributed by atoms with Crippen LogP contribution < -0.4 is 0 Å². The molecule has 1 aliphatic heterocycles. The third kappa shape index (κ3) is 4.60. The summed E-state index contributed by atoms with van der Waals surface area (Å²) < 4.78 is 6.98. The first-order chi connectivity index (χ1) is 14.5. The first-order valence-electron chi connectivity index (χ1n) is 9.76. The third-order valence-corrected chi connectivity index (χ3v) is 6.16. The van der Waals surface area contributed by atoms with Crippen molar-refractivity contribution in [3.8, 4) is 11.3 Å². The molecular weight excluding hydrogens is 460 g/mol. The van der Waals surface area contributed by atoms with E-state index in [2.05, 4.69) is 22.9 Å². The Morgan fingerprint density at radius 3 is 2.50 bits per heavy atom. The second kappa shape index (κ2) is 9.06. The van der Waals surface area contributed by atoms with Gasteiger partial charge in [0.05, 0.1) is 10.6 Å². The van der Waals surface area contributed by atoms with Crippen molar-refractivity contribution in [2.24, 2.45) is 4.99 Å². The minimum atomic E-state index is -0.0331. The highest BCUT2D eigenvalue weighted by Crippen LogP contribution is 2.35. The van der Waals surface area contributed by atoms with Gasteiger partial charge in [-0.3, -0.25) is 9.69 Å². The maximum atomic E-state index is 13.0. The van der Waals surface area contributed by atoms with Crippen LogP contribution in [0.15, 0.2) is 79.5 Å². The first-order valence-corrected chi connectivity index (χ1v) is 11.4. The standard InChI is InChI=1S/C24H21BrN2O2S/c1-3-14-27-23(28)22(30-24(27)26-19-10-4-16(2)5-11-19)15-20-12-13-21(29-20)17-6-8-18(25)9-7-17/h4-13,15H,3,14H2,1-2H3/b22-15+,26-24?. The summed E-state index contributed by atoms with van der Waals surface area (Å²) in [5.74, 6) is 1.38. The van der Waals surface area contributed by atoms with Crippen molar-refractivity contribution in [3.05, 3.63) is 81.4 Å². The number of hydrogen-bond acceptors (Lipinski definition) is 4. The van der Waals surface area contributed by atoms with Crippen LogP contribution in [-0.2, 0) is 4.79 Å². The maximum Gasteiger partial charge on any atom is 0.266 e. The van der Waals surface area contributed by atoms with Crippen LogP contribution >= 0.6 is 27.7 Å². The zero-order valence-corrected chi connectivity index (χ0v) is 19.2. The van der Waals surface area contributed by atoms with Gasteiger partial charge in [0, 0.05) is 22.7 Å². The Morgan fingerprint density at radius 1 is 1.07 bits per heavy atom. The van der Waals surface area contributed by atoms with E-state index in [4.69, 9.17) is 9.41 Å². The molecule has 1 saturated heterocycles. The quantitative estimate of drug-likeness (QED) is 0.368. The van der Waals surface area contributed by atoms with Gasteiger partial charge in [0.15, 0.2) is 5.17 Å². The summed E-state index contributed by atoms with van der Waals surface area (Å²) in [5, 5.41) is 0.705. The maximum absolute atomic E-state index is 13.0. The van der Waals surface area contributed by atoms with E-state index < -0.39 is 0 Å². The number of amides is 1. The number of aryl methyl sites for hydroxylation is 1. The molecule has 152 valence electrons. The van der Waals surface area contributed by atoms with E-state index in [0.29, 0.717) is 22.4 Å². The molecule has 4 rings (SSSR count). The van der Waals surface area contributed by atoms with Crippen LogP contribution in [0.4, 0.5) is 5.69 Å². The summed E-state index contributed by atoms with van der Waals surface area (Å²) in [6.07, 6.45) is 2.66. The highest BCUT2D eigenvalue weighted by atomic mass is 79.9. The van der Waals surface area contributed by atoms with Gasteiger partial charge in [-0.2, -0.15) is 0 Å². The number of thioether (sulfide) groups is 1. The van der Waals surface area contributed by atoms with Crippen LogP contribution in [0.25, 0.3) is 17.4 Å². The lowest BCUT2D eigenvalue weighted by Crippen LogP contribution is -2.29. The number of carbonyl (C=O) groups is 1. The summed E-state index contributed by atoms with van der Waals surface area (Å²) >= 11 is 4.83. The molecule has 1 aliphatic rings. The first kappa shape index (κ1) is 20.7. The van der Waals surface area contributed by atoms with Gasteiger partial charge in [-0.1, -0.05) is 52.7 Å². The molecule has 3 aromatic rings. The van der Waals surface area contributed by atoms with Gasteiger partial charge in [0.2, 0.25) is 0 Å². The molecule has 0 N–H and O–H groups in total. The van der Waals surface area contributed by atoms with E-state index in [0.717, 1.165) is 27.9 Å². The second-order valence-corrected chi connectivity index (χ2v) is 8.93. The Kier molecular flexibility index (Phi) is 6.25. The van der Waals surface area contributed by atoms with Crippen LogP contribution in [0.3, 0.4) is 0 Å². The molecule has 0 bridgehead atoms. The Morgan fingerprint density at radius 2 is 1.80 bits per heavy atom. The molecular formula is C24H21BrN2O2S. The van der Waals surface area contributed by atoms with Gasteiger partial charge in [0.25, 0.3) is 5.91 Å². The van der Waals surface area contributed by atoms with Crippen LogP contribution in [0.5, 0.6) is 0 Å². The monoisotopic (exact) mass is 480 g/mol. The zero-order chi connectivity index (χ0) is 21.1. The summed E-state index contributed by atoms with van der Waals surface area (Å²) in [6, 6.07) is 19.7. The molecule has 0 aliphatic carbocycles. The average molecular weight is 481 g/mol. The molecule has 0 saturated carbocycles. The minimum absolute atomic E-state index is 0.0331. The van der Waals surface area contributed by atoms with Crippen molar-refractivity contribution in [2.45, 2.75) is 20.3 Å².